The van der Waals surface area contributed by atoms with Crippen LogP contribution in [0, 0.1) is 0 Å². The SMILES string of the molecule is COc1ccccc1[C@H](CNC(=O)CCNc1ncccn1)N1CCCC1. The minimum absolute atomic E-state index is 0.0116. The average molecular weight is 369 g/mol. The number of nitrogens with zero attached hydrogens (tertiary/aromatic N) is 3. The molecule has 2 heterocycles. The lowest BCUT2D eigenvalue weighted by Gasteiger charge is -2.29. The first-order chi connectivity index (χ1) is 13.3. The van der Waals surface area contributed by atoms with Gasteiger partial charge in [-0.2, -0.15) is 0 Å². The molecule has 0 bridgehead atoms. The van der Waals surface area contributed by atoms with E-state index in [-0.39, 0.29) is 11.9 Å². The number of para-hydroxylation sites is 1. The highest BCUT2D eigenvalue weighted by molar-refractivity contribution is 5.76. The molecule has 1 atom stereocenters. The largest absolute Gasteiger partial charge is 0.496 e. The summed E-state index contributed by atoms with van der Waals surface area (Å²) in [6, 6.07) is 9.93. The van der Waals surface area contributed by atoms with E-state index in [2.05, 4.69) is 31.6 Å². The number of methoxy groups -OCH3 is 1. The number of benzene rings is 1. The Balaban J connectivity index is 1.55. The molecule has 2 aromatic rings. The minimum atomic E-state index is 0.0116. The van der Waals surface area contributed by atoms with Crippen LogP contribution < -0.4 is 15.4 Å². The van der Waals surface area contributed by atoms with Gasteiger partial charge in [0.1, 0.15) is 5.75 Å². The molecule has 1 aliphatic rings. The van der Waals surface area contributed by atoms with Crippen LogP contribution in [0.4, 0.5) is 5.95 Å². The number of amides is 1. The zero-order valence-corrected chi connectivity index (χ0v) is 15.7. The van der Waals surface area contributed by atoms with Gasteiger partial charge in [-0.05, 0) is 38.1 Å². The Kier molecular flexibility index (Phi) is 6.98. The second kappa shape index (κ2) is 9.87. The number of aromatic nitrogens is 2. The Morgan fingerprint density at radius 1 is 1.19 bits per heavy atom. The van der Waals surface area contributed by atoms with Crippen molar-refractivity contribution in [2.24, 2.45) is 0 Å². The Bertz CT molecular complexity index is 719. The van der Waals surface area contributed by atoms with E-state index in [4.69, 9.17) is 4.74 Å². The Hall–Kier alpha value is -2.67. The van der Waals surface area contributed by atoms with Gasteiger partial charge in [0, 0.05) is 37.5 Å². The van der Waals surface area contributed by atoms with Crippen molar-refractivity contribution in [3.05, 3.63) is 48.3 Å². The maximum Gasteiger partial charge on any atom is 0.222 e. The van der Waals surface area contributed by atoms with E-state index in [1.54, 1.807) is 25.6 Å². The summed E-state index contributed by atoms with van der Waals surface area (Å²) < 4.78 is 5.54. The second-order valence-corrected chi connectivity index (χ2v) is 6.55. The van der Waals surface area contributed by atoms with E-state index in [0.717, 1.165) is 24.4 Å². The van der Waals surface area contributed by atoms with Gasteiger partial charge in [-0.1, -0.05) is 18.2 Å². The zero-order chi connectivity index (χ0) is 18.9. The summed E-state index contributed by atoms with van der Waals surface area (Å²) in [6.07, 6.45) is 6.10. The number of hydrogen-bond donors (Lipinski definition) is 2. The second-order valence-electron chi connectivity index (χ2n) is 6.55. The fourth-order valence-corrected chi connectivity index (χ4v) is 3.41. The molecule has 0 aliphatic carbocycles. The molecule has 1 amide bonds. The van der Waals surface area contributed by atoms with Crippen molar-refractivity contribution in [1.29, 1.82) is 0 Å². The van der Waals surface area contributed by atoms with Crippen molar-refractivity contribution in [2.75, 3.05) is 38.6 Å². The molecule has 0 radical (unpaired) electrons. The van der Waals surface area contributed by atoms with Crippen LogP contribution in [0.5, 0.6) is 5.75 Å². The summed E-state index contributed by atoms with van der Waals surface area (Å²) in [7, 11) is 1.69. The molecule has 1 aliphatic heterocycles. The summed E-state index contributed by atoms with van der Waals surface area (Å²) in [5.74, 6) is 1.42. The monoisotopic (exact) mass is 369 g/mol. The van der Waals surface area contributed by atoms with Crippen LogP contribution in [0.1, 0.15) is 30.9 Å². The van der Waals surface area contributed by atoms with Crippen molar-refractivity contribution >= 4 is 11.9 Å². The lowest BCUT2D eigenvalue weighted by Crippen LogP contribution is -2.37. The van der Waals surface area contributed by atoms with Gasteiger partial charge in [0.2, 0.25) is 11.9 Å². The van der Waals surface area contributed by atoms with Crippen LogP contribution in [0.3, 0.4) is 0 Å². The van der Waals surface area contributed by atoms with Crippen molar-refractivity contribution in [1.82, 2.24) is 20.2 Å². The Morgan fingerprint density at radius 3 is 2.67 bits per heavy atom. The summed E-state index contributed by atoms with van der Waals surface area (Å²) in [4.78, 5) is 22.9. The van der Waals surface area contributed by atoms with Crippen molar-refractivity contribution in [3.8, 4) is 5.75 Å². The first-order valence-electron chi connectivity index (χ1n) is 9.42. The quantitative estimate of drug-likeness (QED) is 0.706. The van der Waals surface area contributed by atoms with Crippen LogP contribution in [-0.4, -0.2) is 54.1 Å². The van der Waals surface area contributed by atoms with E-state index in [1.807, 2.05) is 18.2 Å². The predicted octanol–water partition coefficient (Wildman–Crippen LogP) is 2.24. The van der Waals surface area contributed by atoms with Crippen LogP contribution in [0.2, 0.25) is 0 Å². The molecule has 1 fully saturated rings. The highest BCUT2D eigenvalue weighted by Gasteiger charge is 2.26. The molecule has 3 rings (SSSR count). The summed E-state index contributed by atoms with van der Waals surface area (Å²) >= 11 is 0. The molecule has 2 N–H and O–H groups in total. The van der Waals surface area contributed by atoms with E-state index in [9.17, 15) is 4.79 Å². The highest BCUT2D eigenvalue weighted by atomic mass is 16.5. The molecule has 0 spiro atoms. The van der Waals surface area contributed by atoms with Gasteiger partial charge in [-0.25, -0.2) is 9.97 Å². The zero-order valence-electron chi connectivity index (χ0n) is 15.7. The Morgan fingerprint density at radius 2 is 1.93 bits per heavy atom. The van der Waals surface area contributed by atoms with Gasteiger partial charge >= 0.3 is 0 Å². The topological polar surface area (TPSA) is 79.4 Å². The normalized spacial score (nSPS) is 15.3. The lowest BCUT2D eigenvalue weighted by atomic mass is 10.0. The van der Waals surface area contributed by atoms with E-state index < -0.39 is 0 Å². The van der Waals surface area contributed by atoms with Crippen molar-refractivity contribution in [2.45, 2.75) is 25.3 Å². The molecule has 7 nitrogen and oxygen atoms in total. The third-order valence-electron chi connectivity index (χ3n) is 4.77. The van der Waals surface area contributed by atoms with Crippen LogP contribution in [-0.2, 0) is 4.79 Å². The van der Waals surface area contributed by atoms with E-state index in [1.165, 1.54) is 12.8 Å². The number of hydrogen-bond acceptors (Lipinski definition) is 6. The van der Waals surface area contributed by atoms with E-state index in [0.29, 0.717) is 25.5 Å². The van der Waals surface area contributed by atoms with Gasteiger partial charge < -0.3 is 15.4 Å². The van der Waals surface area contributed by atoms with Crippen LogP contribution in [0.25, 0.3) is 0 Å². The fourth-order valence-electron chi connectivity index (χ4n) is 3.41. The number of anilines is 1. The van der Waals surface area contributed by atoms with E-state index >= 15 is 0 Å². The maximum absolute atomic E-state index is 12.3. The number of ether oxygens (including phenoxy) is 1. The molecule has 1 saturated heterocycles. The number of carbonyl (C=O) groups is 1. The third kappa shape index (κ3) is 5.40. The lowest BCUT2D eigenvalue weighted by molar-refractivity contribution is -0.121. The molecule has 144 valence electrons. The minimum Gasteiger partial charge on any atom is -0.496 e. The molecule has 7 heteroatoms. The molecular formula is C20H27N5O2. The molecular weight excluding hydrogens is 342 g/mol. The van der Waals surface area contributed by atoms with Gasteiger partial charge in [0.05, 0.1) is 13.2 Å². The molecule has 1 aromatic carbocycles. The smallest absolute Gasteiger partial charge is 0.222 e. The number of nitrogens with one attached hydrogen (secondary N) is 2. The van der Waals surface area contributed by atoms with Crippen LogP contribution in [0.15, 0.2) is 42.7 Å². The maximum atomic E-state index is 12.3. The van der Waals surface area contributed by atoms with Crippen LogP contribution >= 0.6 is 0 Å². The standard InChI is InChI=1S/C20H27N5O2/c1-27-18-8-3-2-7-16(18)17(25-13-4-5-14-25)15-24-19(26)9-12-23-20-21-10-6-11-22-20/h2-3,6-8,10-11,17H,4-5,9,12-15H2,1H3,(H,24,26)(H,21,22,23)/t17-/m0/s1. The summed E-state index contributed by atoms with van der Waals surface area (Å²) in [5.41, 5.74) is 1.12. The van der Waals surface area contributed by atoms with Gasteiger partial charge in [-0.15, -0.1) is 0 Å². The molecule has 27 heavy (non-hydrogen) atoms. The van der Waals surface area contributed by atoms with Gasteiger partial charge in [-0.3, -0.25) is 9.69 Å². The molecule has 1 aromatic heterocycles. The number of rotatable bonds is 9. The van der Waals surface area contributed by atoms with Gasteiger partial charge in [0.15, 0.2) is 0 Å². The summed E-state index contributed by atoms with van der Waals surface area (Å²) in [5, 5.41) is 6.13. The predicted molar refractivity (Wildman–Crippen MR) is 105 cm³/mol. The first-order valence-corrected chi connectivity index (χ1v) is 9.42. The number of carbonyl (C=O) groups excluding carboxylic acids is 1. The molecule has 0 saturated carbocycles. The van der Waals surface area contributed by atoms with Gasteiger partial charge in [0.25, 0.3) is 0 Å². The van der Waals surface area contributed by atoms with Crippen molar-refractivity contribution < 1.29 is 9.53 Å². The van der Waals surface area contributed by atoms with Crippen molar-refractivity contribution in [3.63, 3.8) is 0 Å². The third-order valence-corrected chi connectivity index (χ3v) is 4.77. The molecule has 0 unspecified atom stereocenters. The number of likely N-dealkylation sites (tertiary alicyclic amines) is 1. The summed E-state index contributed by atoms with van der Waals surface area (Å²) in [6.45, 7) is 3.16. The fraction of sp³-hybridized carbons (Fsp3) is 0.450. The highest BCUT2D eigenvalue weighted by Crippen LogP contribution is 2.31. The Labute approximate surface area is 160 Å². The average Bonchev–Trinajstić information content (AvgIpc) is 3.24. The first kappa shape index (κ1) is 19.1.